The first kappa shape index (κ1) is 36.4. The monoisotopic (exact) mass is 608 g/mol. The van der Waals surface area contributed by atoms with Gasteiger partial charge in [0.1, 0.15) is 5.69 Å². The first-order valence-corrected chi connectivity index (χ1v) is 15.8. The minimum absolute atomic E-state index is 0.0159. The van der Waals surface area contributed by atoms with E-state index < -0.39 is 17.0 Å². The SMILES string of the molecule is C=CC(=O)N/C(=C/N(C)CCC)C(=C)c1cc2c(cn1)CN(c1c(F)c(C)cc(C(C)CC)c1F)C(=O)C21CC1.CC.CC. The lowest BCUT2D eigenvalue weighted by atomic mass is 9.85. The molecule has 6 nitrogen and oxygen atoms in total. The maximum Gasteiger partial charge on any atom is 0.247 e. The van der Waals surface area contributed by atoms with E-state index in [1.54, 1.807) is 25.4 Å². The molecule has 0 bridgehead atoms. The van der Waals surface area contributed by atoms with Gasteiger partial charge in [0.2, 0.25) is 11.8 Å². The molecule has 2 aromatic rings. The van der Waals surface area contributed by atoms with Crippen molar-refractivity contribution in [3.63, 3.8) is 0 Å². The van der Waals surface area contributed by atoms with E-state index in [0.717, 1.165) is 24.1 Å². The molecule has 1 fully saturated rings. The summed E-state index contributed by atoms with van der Waals surface area (Å²) in [5.41, 5.74) is 2.60. The van der Waals surface area contributed by atoms with E-state index in [2.05, 4.69) is 30.4 Å². The quantitative estimate of drug-likeness (QED) is 0.218. The van der Waals surface area contributed by atoms with Gasteiger partial charge in [0.25, 0.3) is 0 Å². The molecule has 1 saturated carbocycles. The Bertz CT molecular complexity index is 1410. The van der Waals surface area contributed by atoms with E-state index in [4.69, 9.17) is 0 Å². The predicted octanol–water partition coefficient (Wildman–Crippen LogP) is 8.31. The summed E-state index contributed by atoms with van der Waals surface area (Å²) in [5, 5.41) is 2.81. The number of nitrogens with one attached hydrogen (secondary N) is 1. The van der Waals surface area contributed by atoms with Gasteiger partial charge in [-0.1, -0.05) is 61.6 Å². The van der Waals surface area contributed by atoms with Gasteiger partial charge in [-0.25, -0.2) is 8.78 Å². The predicted molar refractivity (Wildman–Crippen MR) is 177 cm³/mol. The maximum atomic E-state index is 15.8. The van der Waals surface area contributed by atoms with Crippen molar-refractivity contribution in [2.24, 2.45) is 0 Å². The Morgan fingerprint density at radius 3 is 2.36 bits per heavy atom. The molecule has 1 unspecified atom stereocenters. The molecular formula is C36H50F2N4O2. The van der Waals surface area contributed by atoms with Gasteiger partial charge in [0.15, 0.2) is 11.6 Å². The van der Waals surface area contributed by atoms with Gasteiger partial charge in [0.05, 0.1) is 23.4 Å². The fourth-order valence-electron chi connectivity index (χ4n) is 5.37. The smallest absolute Gasteiger partial charge is 0.247 e. The number of nitrogens with zero attached hydrogens (tertiary/aromatic N) is 3. The highest BCUT2D eigenvalue weighted by atomic mass is 19.1. The Hall–Kier alpha value is -3.81. The van der Waals surface area contributed by atoms with Crippen molar-refractivity contribution >= 4 is 23.1 Å². The first-order chi connectivity index (χ1) is 21.0. The number of aromatic nitrogens is 1. The largest absolute Gasteiger partial charge is 0.379 e. The number of benzene rings is 1. The number of pyridine rings is 1. The number of fused-ring (bicyclic) bond motifs is 2. The molecule has 2 aliphatic rings. The number of amides is 2. The van der Waals surface area contributed by atoms with Crippen LogP contribution >= 0.6 is 0 Å². The van der Waals surface area contributed by atoms with Crippen LogP contribution in [0, 0.1) is 18.6 Å². The number of rotatable bonds is 10. The molecule has 240 valence electrons. The average Bonchev–Trinajstić information content (AvgIpc) is 3.84. The third-order valence-corrected chi connectivity index (χ3v) is 8.04. The molecule has 4 rings (SSSR count). The van der Waals surface area contributed by atoms with Crippen molar-refractivity contribution in [3.05, 3.63) is 89.0 Å². The Balaban J connectivity index is 0.00000162. The number of hydrogen-bond donors (Lipinski definition) is 1. The number of hydrogen-bond acceptors (Lipinski definition) is 4. The van der Waals surface area contributed by atoms with Crippen molar-refractivity contribution in [2.45, 2.75) is 99.0 Å². The molecule has 1 aliphatic carbocycles. The van der Waals surface area contributed by atoms with E-state index >= 15 is 8.78 Å². The van der Waals surface area contributed by atoms with Crippen LogP contribution in [0.1, 0.15) is 108 Å². The highest BCUT2D eigenvalue weighted by Crippen LogP contribution is 2.54. The summed E-state index contributed by atoms with van der Waals surface area (Å²) in [4.78, 5) is 33.9. The summed E-state index contributed by atoms with van der Waals surface area (Å²) in [6.45, 7) is 24.0. The molecule has 1 aromatic carbocycles. The molecule has 8 heteroatoms. The first-order valence-electron chi connectivity index (χ1n) is 15.8. The number of anilines is 1. The number of carbonyl (C=O) groups is 2. The van der Waals surface area contributed by atoms with E-state index in [0.29, 0.717) is 47.4 Å². The zero-order valence-electron chi connectivity index (χ0n) is 28.0. The summed E-state index contributed by atoms with van der Waals surface area (Å²) in [5.74, 6) is -2.18. The third-order valence-electron chi connectivity index (χ3n) is 8.04. The van der Waals surface area contributed by atoms with Crippen LogP contribution < -0.4 is 10.2 Å². The summed E-state index contributed by atoms with van der Waals surface area (Å²) in [6, 6.07) is 3.38. The lowest BCUT2D eigenvalue weighted by Gasteiger charge is -2.35. The Kier molecular flexibility index (Phi) is 13.0. The Labute approximate surface area is 262 Å². The van der Waals surface area contributed by atoms with Crippen molar-refractivity contribution in [3.8, 4) is 0 Å². The minimum atomic E-state index is -0.863. The van der Waals surface area contributed by atoms with Crippen molar-refractivity contribution < 1.29 is 18.4 Å². The molecule has 2 amide bonds. The van der Waals surface area contributed by atoms with Crippen LogP contribution in [0.25, 0.3) is 5.57 Å². The molecule has 1 atom stereocenters. The summed E-state index contributed by atoms with van der Waals surface area (Å²) < 4.78 is 31.2. The average molecular weight is 609 g/mol. The molecule has 2 heterocycles. The third kappa shape index (κ3) is 7.28. The van der Waals surface area contributed by atoms with Gasteiger partial charge in [0, 0.05) is 31.6 Å². The van der Waals surface area contributed by atoms with Crippen LogP contribution in [0.5, 0.6) is 0 Å². The van der Waals surface area contributed by atoms with Crippen LogP contribution in [0.3, 0.4) is 0 Å². The maximum absolute atomic E-state index is 15.8. The van der Waals surface area contributed by atoms with Gasteiger partial charge < -0.3 is 15.1 Å². The fourth-order valence-corrected chi connectivity index (χ4v) is 5.37. The molecule has 1 aliphatic heterocycles. The van der Waals surface area contributed by atoms with Gasteiger partial charge >= 0.3 is 0 Å². The van der Waals surface area contributed by atoms with E-state index in [9.17, 15) is 9.59 Å². The number of allylic oxidation sites excluding steroid dienone is 1. The second-order valence-corrected chi connectivity index (χ2v) is 11.0. The van der Waals surface area contributed by atoms with Gasteiger partial charge in [-0.2, -0.15) is 0 Å². The molecule has 0 radical (unpaired) electrons. The van der Waals surface area contributed by atoms with Crippen LogP contribution in [0.4, 0.5) is 14.5 Å². The van der Waals surface area contributed by atoms with Crippen LogP contribution in [-0.2, 0) is 21.5 Å². The van der Waals surface area contributed by atoms with Gasteiger partial charge in [-0.3, -0.25) is 14.6 Å². The van der Waals surface area contributed by atoms with Gasteiger partial charge in [-0.05, 0) is 79.0 Å². The lowest BCUT2D eigenvalue weighted by molar-refractivity contribution is -0.121. The summed E-state index contributed by atoms with van der Waals surface area (Å²) in [6.07, 6.45) is 7.40. The second-order valence-electron chi connectivity index (χ2n) is 11.0. The van der Waals surface area contributed by atoms with Crippen LogP contribution in [-0.4, -0.2) is 35.3 Å². The van der Waals surface area contributed by atoms with Crippen LogP contribution in [0.2, 0.25) is 0 Å². The zero-order chi connectivity index (χ0) is 33.4. The molecule has 1 aromatic heterocycles. The van der Waals surface area contributed by atoms with Crippen molar-refractivity contribution in [1.82, 2.24) is 15.2 Å². The van der Waals surface area contributed by atoms with E-state index in [1.807, 2.05) is 59.6 Å². The lowest BCUT2D eigenvalue weighted by Crippen LogP contribution is -2.45. The Morgan fingerprint density at radius 2 is 1.82 bits per heavy atom. The summed E-state index contributed by atoms with van der Waals surface area (Å²) in [7, 11) is 1.90. The van der Waals surface area contributed by atoms with Gasteiger partial charge in [-0.15, -0.1) is 0 Å². The van der Waals surface area contributed by atoms with E-state index in [-0.39, 0.29) is 30.0 Å². The van der Waals surface area contributed by atoms with Crippen LogP contribution in [0.15, 0.2) is 49.5 Å². The van der Waals surface area contributed by atoms with E-state index in [1.165, 1.54) is 11.0 Å². The van der Waals surface area contributed by atoms with Crippen molar-refractivity contribution in [2.75, 3.05) is 18.5 Å². The molecule has 1 N–H and O–H groups in total. The zero-order valence-corrected chi connectivity index (χ0v) is 28.0. The number of halogens is 2. The number of aryl methyl sites for hydroxylation is 1. The molecule has 1 spiro atoms. The Morgan fingerprint density at radius 1 is 1.18 bits per heavy atom. The summed E-state index contributed by atoms with van der Waals surface area (Å²) >= 11 is 0. The van der Waals surface area contributed by atoms with Crippen molar-refractivity contribution in [1.29, 1.82) is 0 Å². The topological polar surface area (TPSA) is 65.5 Å². The molecule has 0 saturated heterocycles. The minimum Gasteiger partial charge on any atom is -0.379 e. The molecule has 44 heavy (non-hydrogen) atoms. The fraction of sp³-hybridized carbons (Fsp3) is 0.472. The normalized spacial score (nSPS) is 15.2. The molecular weight excluding hydrogens is 558 g/mol. The highest BCUT2D eigenvalue weighted by molar-refractivity contribution is 6.05. The number of carbonyl (C=O) groups excluding carboxylic acids is 2. The second kappa shape index (κ2) is 15.8. The highest BCUT2D eigenvalue weighted by Gasteiger charge is 2.57. The standard InChI is InChI=1S/C32H38F2N4O2.2C2H6/c1-8-13-37(7)18-26(36-27(39)10-3)21(6)25-15-24-22(16-35-25)17-38(31(40)32(24)11-12-32)30-28(33)20(5)14-23(29(30)34)19(4)9-2;2*1-2/h10,14-16,18-19H,3,6,8-9,11-13,17H2,1-2,4-5,7H3,(H,36,39);2*1-2H3/b26-18+;;.